The van der Waals surface area contributed by atoms with Gasteiger partial charge in [0.1, 0.15) is 11.8 Å². The number of benzene rings is 2. The highest BCUT2D eigenvalue weighted by Gasteiger charge is 2.24. The molecule has 1 atom stereocenters. The number of ether oxygens (including phenoxy) is 2. The molecule has 0 aliphatic rings. The molecule has 1 N–H and O–H groups in total. The van der Waals surface area contributed by atoms with Crippen LogP contribution in [0.15, 0.2) is 54.7 Å². The number of para-hydroxylation sites is 1. The lowest BCUT2D eigenvalue weighted by molar-refractivity contribution is -0.142. The van der Waals surface area contributed by atoms with Crippen LogP contribution >= 0.6 is 11.6 Å². The van der Waals surface area contributed by atoms with Crippen LogP contribution < -0.4 is 10.1 Å². The Bertz CT molecular complexity index is 1020. The number of nitrogens with zero attached hydrogens (tertiary/aromatic N) is 1. The number of carbonyl (C=O) groups excluding carboxylic acids is 2. The van der Waals surface area contributed by atoms with Crippen LogP contribution in [0.1, 0.15) is 15.9 Å². The number of hydrogen-bond donors (Lipinski definition) is 1. The molecule has 0 saturated heterocycles. The number of carbonyl (C=O) groups is 2. The molecule has 6 nitrogen and oxygen atoms in total. The maximum Gasteiger partial charge on any atom is 0.328 e. The van der Waals surface area contributed by atoms with Crippen molar-refractivity contribution in [1.29, 1.82) is 0 Å². The van der Waals surface area contributed by atoms with Crippen molar-refractivity contribution in [3.63, 3.8) is 0 Å². The number of amides is 1. The van der Waals surface area contributed by atoms with Gasteiger partial charge in [0.15, 0.2) is 0 Å². The third kappa shape index (κ3) is 4.23. The Morgan fingerprint density at radius 1 is 1.14 bits per heavy atom. The number of halogens is 1. The molecule has 1 amide bonds. The van der Waals surface area contributed by atoms with Crippen molar-refractivity contribution < 1.29 is 19.1 Å². The van der Waals surface area contributed by atoms with Gasteiger partial charge < -0.3 is 14.8 Å². The van der Waals surface area contributed by atoms with E-state index in [4.69, 9.17) is 21.1 Å². The number of aromatic nitrogens is 1. The lowest BCUT2D eigenvalue weighted by Crippen LogP contribution is -2.43. The van der Waals surface area contributed by atoms with Gasteiger partial charge in [-0.05, 0) is 29.8 Å². The van der Waals surface area contributed by atoms with Gasteiger partial charge in [0.25, 0.3) is 5.91 Å². The molecular weight excluding hydrogens is 380 g/mol. The van der Waals surface area contributed by atoms with Crippen molar-refractivity contribution in [2.45, 2.75) is 12.5 Å². The third-order valence-corrected chi connectivity index (χ3v) is 4.62. The van der Waals surface area contributed by atoms with Gasteiger partial charge in [-0.15, -0.1) is 0 Å². The molecule has 3 aromatic rings. The SMILES string of the molecule is COC(=O)[C@H](Cc1ccc(OC)c(Cl)c1)NC(=O)c1cccc2cccnc12. The summed E-state index contributed by atoms with van der Waals surface area (Å²) in [6.07, 6.45) is 1.84. The highest BCUT2D eigenvalue weighted by molar-refractivity contribution is 6.32. The first-order chi connectivity index (χ1) is 13.5. The number of nitrogens with one attached hydrogen (secondary N) is 1. The molecule has 0 aliphatic carbocycles. The van der Waals surface area contributed by atoms with Gasteiger partial charge in [-0.25, -0.2) is 4.79 Å². The Kier molecular flexibility index (Phi) is 6.11. The predicted molar refractivity (Wildman–Crippen MR) is 107 cm³/mol. The molecule has 28 heavy (non-hydrogen) atoms. The number of pyridine rings is 1. The zero-order valence-electron chi connectivity index (χ0n) is 15.4. The van der Waals surface area contributed by atoms with E-state index in [-0.39, 0.29) is 6.42 Å². The van der Waals surface area contributed by atoms with Crippen LogP contribution in [0.5, 0.6) is 5.75 Å². The summed E-state index contributed by atoms with van der Waals surface area (Å²) in [5, 5.41) is 4.01. The Morgan fingerprint density at radius 2 is 1.93 bits per heavy atom. The second-order valence-corrected chi connectivity index (χ2v) is 6.51. The fourth-order valence-electron chi connectivity index (χ4n) is 2.93. The summed E-state index contributed by atoms with van der Waals surface area (Å²) in [7, 11) is 2.80. The minimum atomic E-state index is -0.874. The quantitative estimate of drug-likeness (QED) is 0.644. The second kappa shape index (κ2) is 8.71. The van der Waals surface area contributed by atoms with E-state index in [0.29, 0.717) is 21.9 Å². The van der Waals surface area contributed by atoms with E-state index < -0.39 is 17.9 Å². The van der Waals surface area contributed by atoms with E-state index in [2.05, 4.69) is 10.3 Å². The maximum absolute atomic E-state index is 12.8. The van der Waals surface area contributed by atoms with Crippen LogP contribution in [-0.2, 0) is 16.0 Å². The van der Waals surface area contributed by atoms with Crippen molar-refractivity contribution in [3.05, 3.63) is 70.9 Å². The van der Waals surface area contributed by atoms with E-state index in [1.54, 1.807) is 42.6 Å². The highest BCUT2D eigenvalue weighted by atomic mass is 35.5. The van der Waals surface area contributed by atoms with Crippen molar-refractivity contribution >= 4 is 34.4 Å². The average molecular weight is 399 g/mol. The van der Waals surface area contributed by atoms with E-state index in [9.17, 15) is 9.59 Å². The maximum atomic E-state index is 12.8. The average Bonchev–Trinajstić information content (AvgIpc) is 2.72. The number of rotatable bonds is 6. The van der Waals surface area contributed by atoms with E-state index >= 15 is 0 Å². The van der Waals surface area contributed by atoms with Gasteiger partial charge in [0.2, 0.25) is 0 Å². The molecule has 3 rings (SSSR count). The van der Waals surface area contributed by atoms with Crippen LogP contribution in [0.3, 0.4) is 0 Å². The molecule has 0 spiro atoms. The summed E-state index contributed by atoms with van der Waals surface area (Å²) < 4.78 is 9.99. The van der Waals surface area contributed by atoms with Gasteiger partial charge in [-0.3, -0.25) is 9.78 Å². The summed E-state index contributed by atoms with van der Waals surface area (Å²) in [4.78, 5) is 29.4. The Morgan fingerprint density at radius 3 is 2.64 bits per heavy atom. The van der Waals surface area contributed by atoms with Crippen molar-refractivity contribution in [2.75, 3.05) is 14.2 Å². The molecule has 0 fully saturated rings. The number of fused-ring (bicyclic) bond motifs is 1. The van der Waals surface area contributed by atoms with Crippen LogP contribution in [0.4, 0.5) is 0 Å². The van der Waals surface area contributed by atoms with Crippen LogP contribution in [-0.4, -0.2) is 37.1 Å². The van der Waals surface area contributed by atoms with E-state index in [1.807, 2.05) is 12.1 Å². The van der Waals surface area contributed by atoms with E-state index in [0.717, 1.165) is 10.9 Å². The van der Waals surface area contributed by atoms with Crippen LogP contribution in [0.25, 0.3) is 10.9 Å². The standard InChI is InChI=1S/C21H19ClN2O4/c1-27-18-9-8-13(11-16(18)22)12-17(21(26)28-2)24-20(25)15-7-3-5-14-6-4-10-23-19(14)15/h3-11,17H,12H2,1-2H3,(H,24,25)/t17-/m0/s1. The first-order valence-electron chi connectivity index (χ1n) is 8.58. The molecule has 1 heterocycles. The largest absolute Gasteiger partial charge is 0.495 e. The van der Waals surface area contributed by atoms with Gasteiger partial charge in [-0.2, -0.15) is 0 Å². The second-order valence-electron chi connectivity index (χ2n) is 6.10. The Labute approximate surface area is 167 Å². The fourth-order valence-corrected chi connectivity index (χ4v) is 3.21. The van der Waals surface area contributed by atoms with Gasteiger partial charge >= 0.3 is 5.97 Å². The topological polar surface area (TPSA) is 77.5 Å². The first kappa shape index (κ1) is 19.6. The van der Waals surface area contributed by atoms with Crippen molar-refractivity contribution in [2.24, 2.45) is 0 Å². The summed E-state index contributed by atoms with van der Waals surface area (Å²) in [6.45, 7) is 0. The summed E-state index contributed by atoms with van der Waals surface area (Å²) in [5.74, 6) is -0.418. The number of methoxy groups -OCH3 is 2. The fraction of sp³-hybridized carbons (Fsp3) is 0.190. The number of hydrogen-bond acceptors (Lipinski definition) is 5. The predicted octanol–water partition coefficient (Wildman–Crippen LogP) is 3.41. The first-order valence-corrected chi connectivity index (χ1v) is 8.96. The summed E-state index contributed by atoms with van der Waals surface area (Å²) in [6, 6.07) is 13.3. The monoisotopic (exact) mass is 398 g/mol. The van der Waals surface area contributed by atoms with E-state index in [1.165, 1.54) is 14.2 Å². The normalized spacial score (nSPS) is 11.7. The molecule has 0 radical (unpaired) electrons. The summed E-state index contributed by atoms with van der Waals surface area (Å²) in [5.41, 5.74) is 1.72. The molecule has 2 aromatic carbocycles. The lowest BCUT2D eigenvalue weighted by atomic mass is 10.0. The molecule has 0 bridgehead atoms. The minimum absolute atomic E-state index is 0.223. The molecule has 1 aromatic heterocycles. The van der Waals surface area contributed by atoms with Crippen LogP contribution in [0.2, 0.25) is 5.02 Å². The lowest BCUT2D eigenvalue weighted by Gasteiger charge is -2.17. The molecule has 0 aliphatic heterocycles. The molecule has 0 unspecified atom stereocenters. The third-order valence-electron chi connectivity index (χ3n) is 4.32. The Balaban J connectivity index is 1.85. The van der Waals surface area contributed by atoms with Gasteiger partial charge in [0, 0.05) is 18.0 Å². The smallest absolute Gasteiger partial charge is 0.328 e. The zero-order chi connectivity index (χ0) is 20.1. The molecule has 7 heteroatoms. The molecule has 144 valence electrons. The minimum Gasteiger partial charge on any atom is -0.495 e. The van der Waals surface area contributed by atoms with Crippen molar-refractivity contribution in [3.8, 4) is 5.75 Å². The van der Waals surface area contributed by atoms with Gasteiger partial charge in [0.05, 0.1) is 30.3 Å². The highest BCUT2D eigenvalue weighted by Crippen LogP contribution is 2.25. The molecule has 0 saturated carbocycles. The van der Waals surface area contributed by atoms with Gasteiger partial charge in [-0.1, -0.05) is 35.9 Å². The van der Waals surface area contributed by atoms with Crippen LogP contribution in [0, 0.1) is 0 Å². The summed E-state index contributed by atoms with van der Waals surface area (Å²) >= 11 is 6.16. The Hall–Kier alpha value is -3.12. The zero-order valence-corrected chi connectivity index (χ0v) is 16.2. The van der Waals surface area contributed by atoms with Crippen molar-refractivity contribution in [1.82, 2.24) is 10.3 Å². The molecular formula is C21H19ClN2O4. The number of esters is 1.